The molecule has 0 radical (unpaired) electrons. The van der Waals surface area contributed by atoms with E-state index < -0.39 is 22.6 Å². The molecular formula is C33H42F3N9O2S2. The predicted molar refractivity (Wildman–Crippen MR) is 187 cm³/mol. The molecule has 2 aliphatic rings. The first-order chi connectivity index (χ1) is 23.2. The van der Waals surface area contributed by atoms with Gasteiger partial charge in [0.15, 0.2) is 0 Å². The van der Waals surface area contributed by atoms with Crippen LogP contribution in [-0.2, 0) is 29.5 Å². The number of alkyl halides is 3. The molecule has 6 rings (SSSR count). The highest BCUT2D eigenvalue weighted by Crippen LogP contribution is 2.35. The second kappa shape index (κ2) is 14.0. The van der Waals surface area contributed by atoms with Crippen molar-refractivity contribution in [2.24, 2.45) is 0 Å². The van der Waals surface area contributed by atoms with Gasteiger partial charge in [-0.2, -0.15) is 27.7 Å². The molecule has 0 saturated carbocycles. The predicted octanol–water partition coefficient (Wildman–Crippen LogP) is 5.01. The van der Waals surface area contributed by atoms with Gasteiger partial charge < -0.3 is 15.2 Å². The van der Waals surface area contributed by atoms with E-state index in [1.807, 2.05) is 6.07 Å². The molecule has 0 aliphatic carbocycles. The maximum Gasteiger partial charge on any atom is 0.393 e. The fourth-order valence-electron chi connectivity index (χ4n) is 6.99. The van der Waals surface area contributed by atoms with E-state index in [9.17, 15) is 26.9 Å². The topological polar surface area (TPSA) is 122 Å². The lowest BCUT2D eigenvalue weighted by molar-refractivity contribution is -0.126. The Morgan fingerprint density at radius 1 is 1.08 bits per heavy atom. The summed E-state index contributed by atoms with van der Waals surface area (Å²) in [5.74, 6) is 0.927. The number of anilines is 2. The summed E-state index contributed by atoms with van der Waals surface area (Å²) in [4.78, 5) is 14.4. The van der Waals surface area contributed by atoms with Crippen LogP contribution in [0.2, 0.25) is 0 Å². The molecule has 11 nitrogen and oxygen atoms in total. The van der Waals surface area contributed by atoms with E-state index >= 15 is 0 Å². The lowest BCUT2D eigenvalue weighted by atomic mass is 10.0. The Morgan fingerprint density at radius 2 is 1.80 bits per heavy atom. The monoisotopic (exact) mass is 717 g/mol. The number of hydrogen-bond donors (Lipinski definition) is 2. The molecular weight excluding hydrogens is 676 g/mol. The van der Waals surface area contributed by atoms with Crippen molar-refractivity contribution in [3.8, 4) is 6.07 Å². The largest absolute Gasteiger partial charge is 0.393 e. The van der Waals surface area contributed by atoms with E-state index in [0.29, 0.717) is 60.4 Å². The number of fused-ring (bicyclic) bond motifs is 2. The van der Waals surface area contributed by atoms with Gasteiger partial charge in [-0.3, -0.25) is 9.80 Å². The minimum atomic E-state index is -4.29. The van der Waals surface area contributed by atoms with E-state index in [-0.39, 0.29) is 17.0 Å². The van der Waals surface area contributed by atoms with Crippen LogP contribution in [0.15, 0.2) is 24.3 Å². The summed E-state index contributed by atoms with van der Waals surface area (Å²) < 4.78 is 66.7. The highest BCUT2D eigenvalue weighted by molar-refractivity contribution is 7.88. The van der Waals surface area contributed by atoms with E-state index in [0.717, 1.165) is 60.3 Å². The lowest BCUT2D eigenvalue weighted by Gasteiger charge is -2.37. The molecule has 49 heavy (non-hydrogen) atoms. The van der Waals surface area contributed by atoms with Gasteiger partial charge in [-0.1, -0.05) is 6.07 Å². The van der Waals surface area contributed by atoms with Crippen LogP contribution >= 0.6 is 11.3 Å². The van der Waals surface area contributed by atoms with Crippen molar-refractivity contribution in [1.29, 1.82) is 5.26 Å². The zero-order valence-electron chi connectivity index (χ0n) is 28.1. The molecule has 2 aliphatic heterocycles. The van der Waals surface area contributed by atoms with Crippen molar-refractivity contribution in [2.45, 2.75) is 64.5 Å². The summed E-state index contributed by atoms with van der Waals surface area (Å²) >= 11 is 1.05. The maximum absolute atomic E-state index is 13.1. The molecule has 5 heterocycles. The number of nitrogens with one attached hydrogen (secondary N) is 2. The van der Waals surface area contributed by atoms with Crippen molar-refractivity contribution < 1.29 is 21.6 Å². The average Bonchev–Trinajstić information content (AvgIpc) is 3.62. The van der Waals surface area contributed by atoms with Gasteiger partial charge in [0.05, 0.1) is 18.1 Å². The van der Waals surface area contributed by atoms with E-state index in [1.54, 1.807) is 13.1 Å². The van der Waals surface area contributed by atoms with Crippen molar-refractivity contribution in [3.05, 3.63) is 46.0 Å². The Hall–Kier alpha value is -3.49. The second-order valence-corrected chi connectivity index (χ2v) is 16.2. The number of benzene rings is 1. The number of aromatic nitrogens is 3. The van der Waals surface area contributed by atoms with Gasteiger partial charge in [0.2, 0.25) is 16.0 Å². The fraction of sp³-hybridized carbons (Fsp3) is 0.545. The minimum Gasteiger partial charge on any atom is -0.367 e. The highest BCUT2D eigenvalue weighted by atomic mass is 32.2. The minimum absolute atomic E-state index is 0.122. The number of aryl methyl sites for hydroxylation is 1. The molecule has 0 bridgehead atoms. The summed E-state index contributed by atoms with van der Waals surface area (Å²) in [6, 6.07) is 10.4. The normalized spacial score (nSPS) is 18.2. The number of piperidine rings is 1. The molecule has 2 N–H and O–H groups in total. The van der Waals surface area contributed by atoms with E-state index in [4.69, 9.17) is 0 Å². The zero-order valence-corrected chi connectivity index (χ0v) is 29.8. The van der Waals surface area contributed by atoms with Crippen LogP contribution in [0.1, 0.15) is 41.5 Å². The first kappa shape index (κ1) is 35.3. The second-order valence-electron chi connectivity index (χ2n) is 13.1. The van der Waals surface area contributed by atoms with Crippen molar-refractivity contribution >= 4 is 54.2 Å². The van der Waals surface area contributed by atoms with Gasteiger partial charge in [-0.25, -0.2) is 13.4 Å². The molecule has 3 aromatic heterocycles. The number of likely N-dealkylation sites (tertiary alicyclic amines) is 1. The summed E-state index contributed by atoms with van der Waals surface area (Å²) in [6.45, 7) is 9.59. The lowest BCUT2D eigenvalue weighted by Crippen LogP contribution is -2.51. The van der Waals surface area contributed by atoms with Crippen molar-refractivity contribution in [3.63, 3.8) is 0 Å². The summed E-state index contributed by atoms with van der Waals surface area (Å²) in [7, 11) is -1.51. The van der Waals surface area contributed by atoms with Crippen LogP contribution in [0, 0.1) is 18.3 Å². The third-order valence-electron chi connectivity index (χ3n) is 9.76. The Bertz CT molecular complexity index is 1970. The smallest absolute Gasteiger partial charge is 0.367 e. The van der Waals surface area contributed by atoms with Crippen LogP contribution in [0.4, 0.5) is 24.9 Å². The number of sulfonamides is 1. The van der Waals surface area contributed by atoms with Gasteiger partial charge in [0.25, 0.3) is 0 Å². The number of hydrogen-bond acceptors (Lipinski definition) is 10. The molecule has 16 heteroatoms. The number of nitrogens with zero attached hydrogens (tertiary/aromatic N) is 7. The van der Waals surface area contributed by atoms with E-state index in [1.165, 1.54) is 16.1 Å². The number of rotatable bonds is 10. The van der Waals surface area contributed by atoms with Crippen LogP contribution < -0.4 is 10.6 Å². The van der Waals surface area contributed by atoms with E-state index in [2.05, 4.69) is 67.0 Å². The average molecular weight is 718 g/mol. The molecule has 4 aromatic rings. The Kier molecular flexibility index (Phi) is 10.1. The molecule has 1 unspecified atom stereocenters. The number of nitriles is 1. The molecule has 264 valence electrons. The third-order valence-corrected chi connectivity index (χ3v) is 12.1. The molecule has 2 saturated heterocycles. The molecule has 0 spiro atoms. The number of thiophene rings is 1. The SMILES string of the molecule is CNc1nc(NC2CCN(Cc3ccc4c(cc(C#N)n4CC(C)N4CCN(S(C)(=O)=O)CC4)c3C)CC2)c2cc(CC(F)(F)F)sc2n1. The Balaban J connectivity index is 1.10. The zero-order chi connectivity index (χ0) is 35.1. The van der Waals surface area contributed by atoms with Gasteiger partial charge >= 0.3 is 6.18 Å². The molecule has 0 amide bonds. The Labute approximate surface area is 288 Å². The Morgan fingerprint density at radius 3 is 2.43 bits per heavy atom. The van der Waals surface area contributed by atoms with Gasteiger partial charge in [0.1, 0.15) is 22.4 Å². The first-order valence-corrected chi connectivity index (χ1v) is 19.1. The van der Waals surface area contributed by atoms with Crippen molar-refractivity contribution in [1.82, 2.24) is 28.6 Å². The van der Waals surface area contributed by atoms with Crippen LogP contribution in [0.5, 0.6) is 0 Å². The molecule has 1 atom stereocenters. The van der Waals surface area contributed by atoms with Crippen molar-refractivity contribution in [2.75, 3.05) is 63.2 Å². The number of halogens is 3. The van der Waals surface area contributed by atoms with Gasteiger partial charge in [0, 0.05) is 87.3 Å². The summed E-state index contributed by atoms with van der Waals surface area (Å²) in [5, 5.41) is 18.1. The van der Waals surface area contributed by atoms with Crippen LogP contribution in [0.3, 0.4) is 0 Å². The molecule has 1 aromatic carbocycles. The maximum atomic E-state index is 13.1. The quantitative estimate of drug-likeness (QED) is 0.233. The summed E-state index contributed by atoms with van der Waals surface area (Å²) in [5.41, 5.74) is 3.99. The molecule has 2 fully saturated rings. The first-order valence-electron chi connectivity index (χ1n) is 16.5. The van der Waals surface area contributed by atoms with Gasteiger partial charge in [-0.05, 0) is 56.0 Å². The highest BCUT2D eigenvalue weighted by Gasteiger charge is 2.30. The van der Waals surface area contributed by atoms with Crippen LogP contribution in [-0.4, -0.2) is 108 Å². The number of piperazine rings is 1. The third kappa shape index (κ3) is 7.96. The summed E-state index contributed by atoms with van der Waals surface area (Å²) in [6.07, 6.45) is -2.32. The van der Waals surface area contributed by atoms with Gasteiger partial charge in [-0.15, -0.1) is 11.3 Å². The fourth-order valence-corrected chi connectivity index (χ4v) is 8.87. The van der Waals surface area contributed by atoms with Crippen LogP contribution in [0.25, 0.3) is 21.1 Å². The standard InChI is InChI=1S/C33H42F3N9O2S2/c1-21(43-11-13-44(14-12-43)49(4,46)47)19-45-25(18-37)15-27-22(2)23(5-6-29(27)45)20-42-9-7-24(8-10-42)39-30-28-16-26(17-33(34,35)36)48-31(28)41-32(38-3)40-30/h5-6,15-16,21,24H,7-14,17,19-20H2,1-4H3,(H2,38,39,40,41).